The van der Waals surface area contributed by atoms with Crippen molar-refractivity contribution in [1.29, 1.82) is 0 Å². The highest BCUT2D eigenvalue weighted by molar-refractivity contribution is 8.29. The summed E-state index contributed by atoms with van der Waals surface area (Å²) in [5, 5.41) is 22.6. The molecule has 1 atom stereocenters. The molecule has 0 spiro atoms. The van der Waals surface area contributed by atoms with Crippen molar-refractivity contribution in [2.75, 3.05) is 84.0 Å². The third-order valence-electron chi connectivity index (χ3n) is 3.44. The standard InChI is InChI=1S/C20H36O6S11/c21-3-7-34-18(23)2-6-28-12-27-5-1-9-37(26)17-33-15-32-16-36-20(25)11-30-14-31-13-29-10-19(24)35-8-4-22/h21-22H,1-17H2. The van der Waals surface area contributed by atoms with Gasteiger partial charge < -0.3 is 14.8 Å². The van der Waals surface area contributed by atoms with E-state index in [1.54, 1.807) is 70.6 Å². The van der Waals surface area contributed by atoms with Gasteiger partial charge in [0.1, 0.15) is 5.75 Å². The molecule has 0 fully saturated rings. The van der Waals surface area contributed by atoms with Gasteiger partial charge in [0.2, 0.25) is 0 Å². The zero-order chi connectivity index (χ0) is 27.4. The first kappa shape index (κ1) is 39.7. The van der Waals surface area contributed by atoms with Crippen LogP contribution in [0.5, 0.6) is 0 Å². The fourth-order valence-electron chi connectivity index (χ4n) is 1.92. The number of carbonyl (C=O) groups excluding carboxylic acids is 3. The summed E-state index contributed by atoms with van der Waals surface area (Å²) in [4.78, 5) is 34.8. The zero-order valence-corrected chi connectivity index (χ0v) is 29.5. The summed E-state index contributed by atoms with van der Waals surface area (Å²) < 4.78 is 12.1. The first-order valence-corrected chi connectivity index (χ1v) is 23.6. The van der Waals surface area contributed by atoms with Crippen LogP contribution in [0.25, 0.3) is 0 Å². The van der Waals surface area contributed by atoms with Crippen molar-refractivity contribution >= 4 is 144 Å². The molecule has 0 saturated heterocycles. The Labute approximate surface area is 267 Å². The number of aliphatic hydroxyl groups excluding tert-OH is 2. The molecule has 37 heavy (non-hydrogen) atoms. The molecule has 0 amide bonds. The molecule has 0 aromatic carbocycles. The molecule has 6 nitrogen and oxygen atoms in total. The van der Waals surface area contributed by atoms with Crippen molar-refractivity contribution < 1.29 is 29.1 Å². The highest BCUT2D eigenvalue weighted by atomic mass is 32.3. The molecule has 2 N–H and O–H groups in total. The Morgan fingerprint density at radius 3 is 1.81 bits per heavy atom. The lowest BCUT2D eigenvalue weighted by Crippen LogP contribution is -2.09. The number of aliphatic hydroxyl groups is 2. The van der Waals surface area contributed by atoms with Gasteiger partial charge in [-0.2, -0.15) is 23.5 Å². The monoisotopic (exact) mass is 724 g/mol. The second-order valence-electron chi connectivity index (χ2n) is 6.48. The summed E-state index contributed by atoms with van der Waals surface area (Å²) in [6.07, 6.45) is 1.47. The normalized spacial score (nSPS) is 12.1. The molecule has 0 aromatic heterocycles. The molecule has 1 unspecified atom stereocenters. The molecule has 0 radical (unpaired) electrons. The van der Waals surface area contributed by atoms with Crippen LogP contribution in [-0.4, -0.2) is 114 Å². The van der Waals surface area contributed by atoms with Crippen LogP contribution in [0, 0.1) is 0 Å². The van der Waals surface area contributed by atoms with Gasteiger partial charge in [-0.3, -0.25) is 14.4 Å². The molecule has 0 aliphatic heterocycles. The maximum atomic E-state index is 12.1. The van der Waals surface area contributed by atoms with E-state index in [2.05, 4.69) is 0 Å². The predicted octanol–water partition coefficient (Wildman–Crippen LogP) is 5.16. The van der Waals surface area contributed by atoms with Crippen LogP contribution in [0.3, 0.4) is 0 Å². The van der Waals surface area contributed by atoms with Crippen molar-refractivity contribution in [2.24, 2.45) is 0 Å². The van der Waals surface area contributed by atoms with Gasteiger partial charge in [-0.25, -0.2) is 0 Å². The highest BCUT2D eigenvalue weighted by Crippen LogP contribution is 2.23. The van der Waals surface area contributed by atoms with E-state index in [0.717, 1.165) is 43.4 Å². The van der Waals surface area contributed by atoms with Gasteiger partial charge in [-0.15, -0.1) is 47.0 Å². The SMILES string of the molecule is O=C(CCSCSCCC[S+]([O-])CSCSCSC(=O)CSCSCSCC(=O)SCCO)SCCO. The Balaban J connectivity index is 3.36. The maximum Gasteiger partial charge on any atom is 0.199 e. The van der Waals surface area contributed by atoms with Crippen molar-refractivity contribution in [3.05, 3.63) is 0 Å². The third-order valence-corrected chi connectivity index (χ3v) is 17.0. The minimum atomic E-state index is -0.815. The first-order chi connectivity index (χ1) is 18.0. The molecular weight excluding hydrogens is 689 g/mol. The Hall–Kier alpha value is 2.74. The molecule has 0 rings (SSSR count). The molecule has 0 heterocycles. The topological polar surface area (TPSA) is 115 Å². The summed E-state index contributed by atoms with van der Waals surface area (Å²) in [5.74, 6) is 4.38. The minimum Gasteiger partial charge on any atom is -0.616 e. The van der Waals surface area contributed by atoms with Gasteiger partial charge in [0.25, 0.3) is 0 Å². The maximum absolute atomic E-state index is 12.1. The number of carbonyl (C=O) groups is 3. The van der Waals surface area contributed by atoms with E-state index in [-0.39, 0.29) is 28.6 Å². The van der Waals surface area contributed by atoms with Gasteiger partial charge in [-0.1, -0.05) is 47.0 Å². The van der Waals surface area contributed by atoms with Crippen LogP contribution in [0.15, 0.2) is 0 Å². The lowest BCUT2D eigenvalue weighted by atomic mass is 10.5. The van der Waals surface area contributed by atoms with Crippen molar-refractivity contribution in [3.8, 4) is 0 Å². The van der Waals surface area contributed by atoms with E-state index >= 15 is 0 Å². The van der Waals surface area contributed by atoms with Crippen LogP contribution < -0.4 is 0 Å². The van der Waals surface area contributed by atoms with Gasteiger partial charge >= 0.3 is 0 Å². The average molecular weight is 725 g/mol. The predicted molar refractivity (Wildman–Crippen MR) is 186 cm³/mol. The van der Waals surface area contributed by atoms with Crippen molar-refractivity contribution in [3.63, 3.8) is 0 Å². The fourth-order valence-corrected chi connectivity index (χ4v) is 14.0. The largest absolute Gasteiger partial charge is 0.616 e. The van der Waals surface area contributed by atoms with E-state index in [1.165, 1.54) is 35.3 Å². The molecule has 17 heteroatoms. The summed E-state index contributed by atoms with van der Waals surface area (Å²) in [6, 6.07) is 0. The Bertz CT molecular complexity index is 577. The van der Waals surface area contributed by atoms with Crippen molar-refractivity contribution in [1.82, 2.24) is 0 Å². The Kier molecular flexibility index (Phi) is 34.0. The van der Waals surface area contributed by atoms with Crippen LogP contribution in [0.2, 0.25) is 0 Å². The summed E-state index contributed by atoms with van der Waals surface area (Å²) in [5.41, 5.74) is 0. The number of rotatable bonds is 27. The second kappa shape index (κ2) is 31.7. The second-order valence-corrected chi connectivity index (χ2v) is 20.7. The molecule has 0 aliphatic rings. The lowest BCUT2D eigenvalue weighted by molar-refractivity contribution is -0.111. The van der Waals surface area contributed by atoms with E-state index < -0.39 is 11.2 Å². The quantitative estimate of drug-likeness (QED) is 0.0660. The van der Waals surface area contributed by atoms with E-state index in [9.17, 15) is 18.9 Å². The molecule has 218 valence electrons. The van der Waals surface area contributed by atoms with Gasteiger partial charge in [0.05, 0.1) is 24.7 Å². The van der Waals surface area contributed by atoms with Gasteiger partial charge in [0.15, 0.2) is 20.4 Å². The van der Waals surface area contributed by atoms with Crippen LogP contribution in [-0.2, 0) is 25.6 Å². The summed E-state index contributed by atoms with van der Waals surface area (Å²) >= 11 is 14.7. The summed E-state index contributed by atoms with van der Waals surface area (Å²) in [7, 11) is 0. The zero-order valence-electron chi connectivity index (χ0n) is 20.5. The van der Waals surface area contributed by atoms with Gasteiger partial charge in [0, 0.05) is 55.5 Å². The van der Waals surface area contributed by atoms with Gasteiger partial charge in [-0.05, 0) is 16.9 Å². The molecule has 0 saturated carbocycles. The lowest BCUT2D eigenvalue weighted by Gasteiger charge is -2.10. The van der Waals surface area contributed by atoms with Crippen LogP contribution >= 0.6 is 118 Å². The number of hydrogen-bond donors (Lipinski definition) is 2. The number of thioether (sulfide) groups is 10. The molecule has 0 aliphatic carbocycles. The minimum absolute atomic E-state index is 0.0257. The summed E-state index contributed by atoms with van der Waals surface area (Å²) in [6.45, 7) is 0.0662. The van der Waals surface area contributed by atoms with E-state index in [1.807, 2.05) is 11.8 Å². The average Bonchev–Trinajstić information content (AvgIpc) is 2.89. The molecular formula is C20H36O6S11. The van der Waals surface area contributed by atoms with Crippen molar-refractivity contribution in [2.45, 2.75) is 12.8 Å². The fraction of sp³-hybridized carbons (Fsp3) is 0.850. The van der Waals surface area contributed by atoms with Crippen LogP contribution in [0.4, 0.5) is 0 Å². The molecule has 0 aromatic rings. The highest BCUT2D eigenvalue weighted by Gasteiger charge is 2.08. The van der Waals surface area contributed by atoms with Crippen LogP contribution in [0.1, 0.15) is 12.8 Å². The number of hydrogen-bond acceptors (Lipinski definition) is 16. The Morgan fingerprint density at radius 1 is 0.595 bits per heavy atom. The Morgan fingerprint density at radius 2 is 1.14 bits per heavy atom. The third kappa shape index (κ3) is 31.5. The first-order valence-electron chi connectivity index (χ1n) is 11.1. The molecule has 0 bridgehead atoms. The smallest absolute Gasteiger partial charge is 0.199 e. The van der Waals surface area contributed by atoms with E-state index in [0.29, 0.717) is 40.3 Å². The van der Waals surface area contributed by atoms with E-state index in [4.69, 9.17) is 10.2 Å².